The maximum Gasteiger partial charge on any atom is 0.225 e. The Bertz CT molecular complexity index is 1680. The number of fused-ring (bicyclic) bond motifs is 2. The van der Waals surface area contributed by atoms with Crippen LogP contribution in [-0.2, 0) is 11.3 Å². The van der Waals surface area contributed by atoms with Crippen LogP contribution in [0.15, 0.2) is 77.4 Å². The van der Waals surface area contributed by atoms with Gasteiger partial charge in [-0.2, -0.15) is 5.26 Å². The van der Waals surface area contributed by atoms with Crippen LogP contribution in [0.2, 0.25) is 0 Å². The summed E-state index contributed by atoms with van der Waals surface area (Å²) >= 11 is 0. The van der Waals surface area contributed by atoms with Gasteiger partial charge in [0.25, 0.3) is 0 Å². The molecule has 5 aromatic rings. The van der Waals surface area contributed by atoms with Crippen LogP contribution in [0.25, 0.3) is 44.5 Å². The predicted molar refractivity (Wildman–Crippen MR) is 143 cm³/mol. The minimum atomic E-state index is 0.259. The minimum absolute atomic E-state index is 0.259. The molecule has 3 heterocycles. The van der Waals surface area contributed by atoms with Crippen molar-refractivity contribution in [3.63, 3.8) is 0 Å². The van der Waals surface area contributed by atoms with Gasteiger partial charge >= 0.3 is 0 Å². The summed E-state index contributed by atoms with van der Waals surface area (Å²) in [4.78, 5) is 19.7. The lowest BCUT2D eigenvalue weighted by Gasteiger charge is -2.18. The van der Waals surface area contributed by atoms with E-state index in [1.165, 1.54) is 0 Å². The van der Waals surface area contributed by atoms with E-state index in [1.807, 2.05) is 35.2 Å². The molecule has 1 amide bonds. The smallest absolute Gasteiger partial charge is 0.225 e. The molecule has 1 atom stereocenters. The van der Waals surface area contributed by atoms with Gasteiger partial charge in [0.1, 0.15) is 11.4 Å². The molecule has 1 aliphatic heterocycles. The summed E-state index contributed by atoms with van der Waals surface area (Å²) in [6.07, 6.45) is 4.79. The summed E-state index contributed by atoms with van der Waals surface area (Å²) < 4.78 is 7.73. The number of rotatable bonds is 5. The van der Waals surface area contributed by atoms with E-state index < -0.39 is 0 Å². The van der Waals surface area contributed by atoms with Crippen molar-refractivity contribution in [2.24, 2.45) is 11.8 Å². The van der Waals surface area contributed by atoms with Crippen LogP contribution in [-0.4, -0.2) is 33.4 Å². The number of aromatic nitrogens is 2. The number of hydrogen-bond acceptors (Lipinski definition) is 4. The largest absolute Gasteiger partial charge is 0.464 e. The van der Waals surface area contributed by atoms with Gasteiger partial charge in [0, 0.05) is 36.5 Å². The number of imidazole rings is 1. The lowest BCUT2D eigenvalue weighted by Crippen LogP contribution is -2.30. The molecule has 2 aromatic heterocycles. The Balaban J connectivity index is 1.23. The Morgan fingerprint density at radius 1 is 0.973 bits per heavy atom. The molecular weight excluding hydrogens is 460 g/mol. The number of furan rings is 1. The van der Waals surface area contributed by atoms with Crippen molar-refractivity contribution in [3.05, 3.63) is 78.6 Å². The molecule has 0 bridgehead atoms. The second-order valence-electron chi connectivity index (χ2n) is 10.3. The molecule has 1 aliphatic carbocycles. The lowest BCUT2D eigenvalue weighted by molar-refractivity contribution is -0.131. The van der Waals surface area contributed by atoms with E-state index in [1.54, 1.807) is 6.26 Å². The SMILES string of the molecule is N#Cc1ccc2nc(-c3ccc(-c4ccc5occc5c4)cc3)n(CC3CCN(C(=O)C4CC4)C3)c2c1. The maximum atomic E-state index is 12.6. The van der Waals surface area contributed by atoms with Gasteiger partial charge in [-0.25, -0.2) is 4.98 Å². The fourth-order valence-electron chi connectivity index (χ4n) is 5.58. The molecule has 1 unspecified atom stereocenters. The molecule has 6 heteroatoms. The van der Waals surface area contributed by atoms with Gasteiger partial charge in [-0.3, -0.25) is 4.79 Å². The van der Waals surface area contributed by atoms with Crippen molar-refractivity contribution < 1.29 is 9.21 Å². The number of carbonyl (C=O) groups excluding carboxylic acids is 1. The van der Waals surface area contributed by atoms with Crippen LogP contribution in [0.4, 0.5) is 0 Å². The number of benzene rings is 3. The van der Waals surface area contributed by atoms with E-state index in [2.05, 4.69) is 47.0 Å². The normalized spacial score (nSPS) is 17.5. The van der Waals surface area contributed by atoms with Crippen LogP contribution in [0.1, 0.15) is 24.8 Å². The van der Waals surface area contributed by atoms with Gasteiger partial charge in [-0.15, -0.1) is 0 Å². The monoisotopic (exact) mass is 486 g/mol. The average molecular weight is 487 g/mol. The molecule has 37 heavy (non-hydrogen) atoms. The predicted octanol–water partition coefficient (Wildman–Crippen LogP) is 6.25. The third-order valence-electron chi connectivity index (χ3n) is 7.77. The number of nitrogens with zero attached hydrogens (tertiary/aromatic N) is 4. The molecule has 6 nitrogen and oxygen atoms in total. The standard InChI is InChI=1S/C31H26N4O2/c32-17-20-1-9-27-28(15-20)35(19-21-11-13-34(18-21)31(36)24-6-7-24)30(33-27)23-4-2-22(3-5-23)25-8-10-29-26(16-25)12-14-37-29/h1-5,8-10,12,14-16,21,24H,6-7,11,13,18-19H2. The summed E-state index contributed by atoms with van der Waals surface area (Å²) in [5.41, 5.74) is 6.66. The summed E-state index contributed by atoms with van der Waals surface area (Å²) in [5.74, 6) is 1.85. The molecule has 7 rings (SSSR count). The Morgan fingerprint density at radius 2 is 1.78 bits per heavy atom. The van der Waals surface area contributed by atoms with Crippen LogP contribution in [0, 0.1) is 23.2 Å². The third-order valence-corrected chi connectivity index (χ3v) is 7.77. The Kier molecular flexibility index (Phi) is 5.10. The van der Waals surface area contributed by atoms with Crippen molar-refractivity contribution in [2.45, 2.75) is 25.8 Å². The van der Waals surface area contributed by atoms with Crippen LogP contribution >= 0.6 is 0 Å². The highest BCUT2D eigenvalue weighted by atomic mass is 16.3. The van der Waals surface area contributed by atoms with E-state index >= 15 is 0 Å². The van der Waals surface area contributed by atoms with Gasteiger partial charge in [-0.1, -0.05) is 30.3 Å². The fraction of sp³-hybridized carbons (Fsp3) is 0.258. The maximum absolute atomic E-state index is 12.6. The van der Waals surface area contributed by atoms with Crippen LogP contribution in [0.5, 0.6) is 0 Å². The Morgan fingerprint density at radius 3 is 2.59 bits per heavy atom. The molecule has 0 N–H and O–H groups in total. The first kappa shape index (κ1) is 21.9. The third kappa shape index (κ3) is 3.97. The van der Waals surface area contributed by atoms with Crippen LogP contribution in [0.3, 0.4) is 0 Å². The molecule has 1 saturated carbocycles. The highest BCUT2D eigenvalue weighted by Crippen LogP contribution is 2.35. The van der Waals surface area contributed by atoms with Crippen molar-refractivity contribution >= 4 is 27.9 Å². The first-order valence-corrected chi connectivity index (χ1v) is 12.9. The Hall–Kier alpha value is -4.37. The van der Waals surface area contributed by atoms with E-state index in [0.717, 1.165) is 83.4 Å². The average Bonchev–Trinajstić information content (AvgIpc) is 3.33. The van der Waals surface area contributed by atoms with Crippen molar-refractivity contribution in [2.75, 3.05) is 13.1 Å². The zero-order valence-electron chi connectivity index (χ0n) is 20.4. The van der Waals surface area contributed by atoms with E-state index in [0.29, 0.717) is 17.4 Å². The van der Waals surface area contributed by atoms with Gasteiger partial charge < -0.3 is 13.9 Å². The van der Waals surface area contributed by atoms with Gasteiger partial charge in [0.2, 0.25) is 5.91 Å². The molecule has 2 fully saturated rings. The second-order valence-corrected chi connectivity index (χ2v) is 10.3. The quantitative estimate of drug-likeness (QED) is 0.294. The first-order valence-electron chi connectivity index (χ1n) is 12.9. The van der Waals surface area contributed by atoms with Gasteiger partial charge in [-0.05, 0) is 72.7 Å². The topological polar surface area (TPSA) is 75.1 Å². The van der Waals surface area contributed by atoms with Gasteiger partial charge in [0.15, 0.2) is 0 Å². The highest BCUT2D eigenvalue weighted by molar-refractivity contribution is 5.85. The lowest BCUT2D eigenvalue weighted by atomic mass is 10.0. The number of hydrogen-bond donors (Lipinski definition) is 0. The molecule has 0 spiro atoms. The van der Waals surface area contributed by atoms with E-state index in [-0.39, 0.29) is 5.92 Å². The first-order chi connectivity index (χ1) is 18.2. The number of amides is 1. The van der Waals surface area contributed by atoms with E-state index in [9.17, 15) is 10.1 Å². The zero-order valence-corrected chi connectivity index (χ0v) is 20.4. The summed E-state index contributed by atoms with van der Waals surface area (Å²) in [5, 5.41) is 10.6. The number of likely N-dealkylation sites (tertiary alicyclic amines) is 1. The summed E-state index contributed by atoms with van der Waals surface area (Å²) in [7, 11) is 0. The van der Waals surface area contributed by atoms with Crippen molar-refractivity contribution in [3.8, 4) is 28.6 Å². The molecule has 2 aliphatic rings. The Labute approximate surface area is 214 Å². The molecule has 182 valence electrons. The highest BCUT2D eigenvalue weighted by Gasteiger charge is 2.36. The fourth-order valence-corrected chi connectivity index (χ4v) is 5.58. The summed E-state index contributed by atoms with van der Waals surface area (Å²) in [6.45, 7) is 2.40. The number of carbonyl (C=O) groups is 1. The second kappa shape index (κ2) is 8.63. The molecular formula is C31H26N4O2. The summed E-state index contributed by atoms with van der Waals surface area (Å²) in [6, 6.07) is 24.7. The van der Waals surface area contributed by atoms with E-state index in [4.69, 9.17) is 9.40 Å². The molecule has 1 saturated heterocycles. The van der Waals surface area contributed by atoms with Gasteiger partial charge in [0.05, 0.1) is 28.9 Å². The molecule has 3 aromatic carbocycles. The number of nitriles is 1. The van der Waals surface area contributed by atoms with Crippen LogP contribution < -0.4 is 0 Å². The van der Waals surface area contributed by atoms with Crippen molar-refractivity contribution in [1.82, 2.24) is 14.5 Å². The molecule has 0 radical (unpaired) electrons. The van der Waals surface area contributed by atoms with Crippen molar-refractivity contribution in [1.29, 1.82) is 5.26 Å². The zero-order chi connectivity index (χ0) is 24.9. The minimum Gasteiger partial charge on any atom is -0.464 e.